The predicted molar refractivity (Wildman–Crippen MR) is 80.5 cm³/mol. The van der Waals surface area contributed by atoms with Crippen molar-refractivity contribution in [2.45, 2.75) is 64.8 Å². The fraction of sp³-hybridized carbons (Fsp3) is 0.824. The highest BCUT2D eigenvalue weighted by Gasteiger charge is 2.61. The van der Waals surface area contributed by atoms with Crippen LogP contribution in [0.1, 0.15) is 47.5 Å². The standard InChI is InChI=1S/C17H28O4/c1-9(2)15(18)21-12-8-10-7-11(12)14(17(5,6)20)13(10)16(3,4)19/h10-14,19-20H,1,7-8H2,2-6H3/t10-,11+,12-,13+,14-/m1/s1. The van der Waals surface area contributed by atoms with Crippen molar-refractivity contribution in [2.24, 2.45) is 23.7 Å². The number of carbonyl (C=O) groups is 1. The summed E-state index contributed by atoms with van der Waals surface area (Å²) >= 11 is 0. The summed E-state index contributed by atoms with van der Waals surface area (Å²) in [5, 5.41) is 21.1. The summed E-state index contributed by atoms with van der Waals surface area (Å²) in [7, 11) is 0. The highest BCUT2D eigenvalue weighted by molar-refractivity contribution is 5.87. The molecule has 0 aromatic carbocycles. The second-order valence-corrected chi connectivity index (χ2v) is 7.98. The molecule has 0 heterocycles. The Labute approximate surface area is 127 Å². The van der Waals surface area contributed by atoms with E-state index in [1.54, 1.807) is 20.8 Å². The molecule has 0 spiro atoms. The van der Waals surface area contributed by atoms with Crippen LogP contribution in [0.5, 0.6) is 0 Å². The third kappa shape index (κ3) is 3.02. The molecule has 2 aliphatic carbocycles. The van der Waals surface area contributed by atoms with E-state index in [2.05, 4.69) is 6.58 Å². The Morgan fingerprint density at radius 1 is 1.10 bits per heavy atom. The Kier molecular flexibility index (Phi) is 4.00. The van der Waals surface area contributed by atoms with Crippen LogP contribution < -0.4 is 0 Å². The van der Waals surface area contributed by atoms with E-state index >= 15 is 0 Å². The molecule has 120 valence electrons. The zero-order valence-corrected chi connectivity index (χ0v) is 13.7. The molecule has 0 radical (unpaired) electrons. The predicted octanol–water partition coefficient (Wildman–Crippen LogP) is 2.29. The summed E-state index contributed by atoms with van der Waals surface area (Å²) in [6.07, 6.45) is 1.50. The van der Waals surface area contributed by atoms with Crippen LogP contribution in [0, 0.1) is 23.7 Å². The molecule has 0 aromatic heterocycles. The molecule has 2 N–H and O–H groups in total. The fourth-order valence-electron chi connectivity index (χ4n) is 4.65. The topological polar surface area (TPSA) is 66.8 Å². The van der Waals surface area contributed by atoms with E-state index in [9.17, 15) is 15.0 Å². The third-order valence-electron chi connectivity index (χ3n) is 5.18. The van der Waals surface area contributed by atoms with Crippen molar-refractivity contribution < 1.29 is 19.7 Å². The largest absolute Gasteiger partial charge is 0.459 e. The van der Waals surface area contributed by atoms with Crippen molar-refractivity contribution in [3.63, 3.8) is 0 Å². The molecule has 2 bridgehead atoms. The Bertz CT molecular complexity index is 441. The Hall–Kier alpha value is -0.870. The molecule has 0 unspecified atom stereocenters. The van der Waals surface area contributed by atoms with Gasteiger partial charge in [-0.25, -0.2) is 4.79 Å². The van der Waals surface area contributed by atoms with Crippen LogP contribution in [0.4, 0.5) is 0 Å². The van der Waals surface area contributed by atoms with Gasteiger partial charge >= 0.3 is 5.97 Å². The van der Waals surface area contributed by atoms with E-state index in [4.69, 9.17) is 4.74 Å². The van der Waals surface area contributed by atoms with Crippen LogP contribution in [-0.4, -0.2) is 33.5 Å². The molecule has 2 rings (SSSR count). The number of fused-ring (bicyclic) bond motifs is 2. The molecular formula is C17H28O4. The molecule has 2 aliphatic rings. The normalized spacial score (nSPS) is 35.9. The first kappa shape index (κ1) is 16.5. The van der Waals surface area contributed by atoms with Crippen LogP contribution in [0.15, 0.2) is 12.2 Å². The van der Waals surface area contributed by atoms with Gasteiger partial charge in [0.1, 0.15) is 6.10 Å². The SMILES string of the molecule is C=C(C)C(=O)O[C@@H]1C[C@H]2C[C@@H]1[C@@H](C(C)(C)O)[C@H]2C(C)(C)O. The summed E-state index contributed by atoms with van der Waals surface area (Å²) in [4.78, 5) is 11.8. The number of hydrogen-bond donors (Lipinski definition) is 2. The van der Waals surface area contributed by atoms with E-state index in [0.29, 0.717) is 5.57 Å². The molecule has 2 fully saturated rings. The van der Waals surface area contributed by atoms with Gasteiger partial charge in [0, 0.05) is 11.5 Å². The average Bonchev–Trinajstić information content (AvgIpc) is 2.83. The zero-order valence-electron chi connectivity index (χ0n) is 13.7. The second-order valence-electron chi connectivity index (χ2n) is 7.98. The van der Waals surface area contributed by atoms with E-state index in [-0.39, 0.29) is 35.7 Å². The summed E-state index contributed by atoms with van der Waals surface area (Å²) in [6, 6.07) is 0. The minimum atomic E-state index is -0.904. The maximum absolute atomic E-state index is 11.8. The van der Waals surface area contributed by atoms with Crippen LogP contribution >= 0.6 is 0 Å². The van der Waals surface area contributed by atoms with Crippen LogP contribution in [-0.2, 0) is 9.53 Å². The van der Waals surface area contributed by atoms with Gasteiger partial charge in [0.15, 0.2) is 0 Å². The van der Waals surface area contributed by atoms with Crippen LogP contribution in [0.2, 0.25) is 0 Å². The molecule has 2 saturated carbocycles. The Morgan fingerprint density at radius 3 is 2.05 bits per heavy atom. The van der Waals surface area contributed by atoms with Crippen molar-refractivity contribution in [1.82, 2.24) is 0 Å². The molecule has 0 saturated heterocycles. The minimum absolute atomic E-state index is 0.0299. The van der Waals surface area contributed by atoms with Crippen molar-refractivity contribution in [3.8, 4) is 0 Å². The first-order valence-corrected chi connectivity index (χ1v) is 7.74. The molecule has 5 atom stereocenters. The number of rotatable bonds is 4. The van der Waals surface area contributed by atoms with Gasteiger partial charge < -0.3 is 14.9 Å². The Balaban J connectivity index is 2.23. The average molecular weight is 296 g/mol. The maximum Gasteiger partial charge on any atom is 0.333 e. The first-order chi connectivity index (χ1) is 9.43. The molecule has 4 heteroatoms. The maximum atomic E-state index is 11.8. The molecule has 0 amide bonds. The van der Waals surface area contributed by atoms with E-state index < -0.39 is 11.2 Å². The highest BCUT2D eigenvalue weighted by Crippen LogP contribution is 2.59. The van der Waals surface area contributed by atoms with E-state index in [1.807, 2.05) is 13.8 Å². The minimum Gasteiger partial charge on any atom is -0.459 e. The molecule has 0 aromatic rings. The fourth-order valence-corrected chi connectivity index (χ4v) is 4.65. The lowest BCUT2D eigenvalue weighted by molar-refractivity contribution is -0.159. The Morgan fingerprint density at radius 2 is 1.62 bits per heavy atom. The van der Waals surface area contributed by atoms with Gasteiger partial charge in [0.25, 0.3) is 0 Å². The van der Waals surface area contributed by atoms with Gasteiger partial charge in [-0.1, -0.05) is 6.58 Å². The van der Waals surface area contributed by atoms with Crippen molar-refractivity contribution in [2.75, 3.05) is 0 Å². The van der Waals surface area contributed by atoms with Crippen LogP contribution in [0.25, 0.3) is 0 Å². The third-order valence-corrected chi connectivity index (χ3v) is 5.18. The quantitative estimate of drug-likeness (QED) is 0.617. The van der Waals surface area contributed by atoms with Gasteiger partial charge in [-0.05, 0) is 65.2 Å². The number of carbonyl (C=O) groups excluding carboxylic acids is 1. The van der Waals surface area contributed by atoms with Gasteiger partial charge in [0.2, 0.25) is 0 Å². The number of hydrogen-bond acceptors (Lipinski definition) is 4. The number of esters is 1. The molecule has 0 aliphatic heterocycles. The summed E-state index contributed by atoms with van der Waals surface area (Å²) in [5.41, 5.74) is -1.34. The van der Waals surface area contributed by atoms with E-state index in [1.165, 1.54) is 0 Å². The highest BCUT2D eigenvalue weighted by atomic mass is 16.5. The zero-order chi connectivity index (χ0) is 16.2. The molecule has 21 heavy (non-hydrogen) atoms. The van der Waals surface area contributed by atoms with Crippen molar-refractivity contribution in [3.05, 3.63) is 12.2 Å². The lowest BCUT2D eigenvalue weighted by Crippen LogP contribution is -2.51. The summed E-state index contributed by atoms with van der Waals surface area (Å²) in [6.45, 7) is 12.5. The lowest BCUT2D eigenvalue weighted by atomic mass is 9.65. The summed E-state index contributed by atoms with van der Waals surface area (Å²) < 4.78 is 5.56. The lowest BCUT2D eigenvalue weighted by Gasteiger charge is -2.46. The number of aliphatic hydroxyl groups is 2. The van der Waals surface area contributed by atoms with Gasteiger partial charge in [-0.2, -0.15) is 0 Å². The van der Waals surface area contributed by atoms with Crippen molar-refractivity contribution in [1.29, 1.82) is 0 Å². The van der Waals surface area contributed by atoms with Gasteiger partial charge in [-0.3, -0.25) is 0 Å². The second kappa shape index (κ2) is 5.10. The van der Waals surface area contributed by atoms with E-state index in [0.717, 1.165) is 12.8 Å². The van der Waals surface area contributed by atoms with Gasteiger partial charge in [-0.15, -0.1) is 0 Å². The monoisotopic (exact) mass is 296 g/mol. The first-order valence-electron chi connectivity index (χ1n) is 7.74. The van der Waals surface area contributed by atoms with Crippen LogP contribution in [0.3, 0.4) is 0 Å². The van der Waals surface area contributed by atoms with Crippen molar-refractivity contribution >= 4 is 5.97 Å². The smallest absolute Gasteiger partial charge is 0.333 e. The molecular weight excluding hydrogens is 268 g/mol. The molecule has 4 nitrogen and oxygen atoms in total. The summed E-state index contributed by atoms with van der Waals surface area (Å²) in [5.74, 6) is -0.00706. The van der Waals surface area contributed by atoms with Gasteiger partial charge in [0.05, 0.1) is 11.2 Å². The number of ether oxygens (including phenoxy) is 1.